The van der Waals surface area contributed by atoms with E-state index in [2.05, 4.69) is 29.7 Å². The van der Waals surface area contributed by atoms with Gasteiger partial charge in [0.05, 0.1) is 18.8 Å². The van der Waals surface area contributed by atoms with Crippen LogP contribution in [0.1, 0.15) is 54.7 Å². The van der Waals surface area contributed by atoms with Gasteiger partial charge in [-0.3, -0.25) is 9.48 Å². The van der Waals surface area contributed by atoms with Crippen LogP contribution in [0.5, 0.6) is 11.5 Å². The summed E-state index contributed by atoms with van der Waals surface area (Å²) in [5.74, 6) is 1.08. The summed E-state index contributed by atoms with van der Waals surface area (Å²) in [5, 5.41) is 14.2. The number of phenolic OH excluding ortho intramolecular Hbond substituents is 1. The topological polar surface area (TPSA) is 73.6 Å². The number of carbonyl (C=O) groups is 1. The molecule has 1 aromatic carbocycles. The molecule has 1 saturated heterocycles. The maximum absolute atomic E-state index is 11.2. The number of rotatable bonds is 7. The maximum atomic E-state index is 11.2. The van der Waals surface area contributed by atoms with E-state index in [9.17, 15) is 9.90 Å². The summed E-state index contributed by atoms with van der Waals surface area (Å²) < 4.78 is 13.6. The van der Waals surface area contributed by atoms with Crippen LogP contribution in [0.15, 0.2) is 30.5 Å². The molecule has 0 spiro atoms. The molecule has 1 aromatic heterocycles. The van der Waals surface area contributed by atoms with E-state index < -0.39 is 0 Å². The van der Waals surface area contributed by atoms with Crippen LogP contribution in [0.2, 0.25) is 0 Å². The van der Waals surface area contributed by atoms with Crippen molar-refractivity contribution in [2.75, 3.05) is 19.8 Å². The number of hydrogen-bond donors (Lipinski definition) is 1. The molecule has 0 saturated carbocycles. The minimum Gasteiger partial charge on any atom is -0.507 e. The Labute approximate surface area is 153 Å². The van der Waals surface area contributed by atoms with Crippen molar-refractivity contribution in [1.82, 2.24) is 9.78 Å². The van der Waals surface area contributed by atoms with Gasteiger partial charge in [-0.05, 0) is 50.8 Å². The van der Waals surface area contributed by atoms with E-state index in [1.807, 2.05) is 6.20 Å². The Bertz CT molecular complexity index is 741. The van der Waals surface area contributed by atoms with E-state index in [-0.39, 0.29) is 17.2 Å². The standard InChI is InChI=1S/C20H26N2O4/c1-14(2)22-18(6-9-21-22)17-13-25-10-7-15(17)8-11-26-20-5-3-4-19(24)16(20)12-23/h3-6,9,12,14-15,17,24H,7-8,10-11,13H2,1-2H3/t15-,17-/m0/s1. The molecule has 0 unspecified atom stereocenters. The molecular weight excluding hydrogens is 332 g/mol. The zero-order chi connectivity index (χ0) is 18.5. The van der Waals surface area contributed by atoms with E-state index in [0.717, 1.165) is 19.4 Å². The normalized spacial score (nSPS) is 20.3. The van der Waals surface area contributed by atoms with Crippen LogP contribution >= 0.6 is 0 Å². The number of nitrogens with zero attached hydrogens (tertiary/aromatic N) is 2. The highest BCUT2D eigenvalue weighted by Gasteiger charge is 2.30. The minimum atomic E-state index is -0.0534. The molecule has 26 heavy (non-hydrogen) atoms. The van der Waals surface area contributed by atoms with Gasteiger partial charge in [-0.25, -0.2) is 0 Å². The lowest BCUT2D eigenvalue weighted by Gasteiger charge is -2.32. The largest absolute Gasteiger partial charge is 0.507 e. The van der Waals surface area contributed by atoms with Gasteiger partial charge in [-0.15, -0.1) is 0 Å². The van der Waals surface area contributed by atoms with Gasteiger partial charge in [0.2, 0.25) is 0 Å². The Morgan fingerprint density at radius 2 is 2.27 bits per heavy atom. The van der Waals surface area contributed by atoms with Crippen molar-refractivity contribution in [2.45, 2.75) is 38.6 Å². The van der Waals surface area contributed by atoms with Gasteiger partial charge in [0.15, 0.2) is 6.29 Å². The van der Waals surface area contributed by atoms with Crippen LogP contribution in [0, 0.1) is 5.92 Å². The lowest BCUT2D eigenvalue weighted by molar-refractivity contribution is 0.0366. The summed E-state index contributed by atoms with van der Waals surface area (Å²) in [6, 6.07) is 7.25. The molecule has 3 rings (SSSR count). The molecule has 0 radical (unpaired) electrons. The number of hydrogen-bond acceptors (Lipinski definition) is 5. The van der Waals surface area contributed by atoms with E-state index in [1.54, 1.807) is 12.1 Å². The number of phenols is 1. The van der Waals surface area contributed by atoms with Gasteiger partial charge in [-0.1, -0.05) is 6.07 Å². The fourth-order valence-corrected chi connectivity index (χ4v) is 3.60. The minimum absolute atomic E-state index is 0.0534. The van der Waals surface area contributed by atoms with E-state index in [0.29, 0.717) is 37.2 Å². The first-order valence-electron chi connectivity index (χ1n) is 9.13. The van der Waals surface area contributed by atoms with Crippen molar-refractivity contribution in [3.63, 3.8) is 0 Å². The molecule has 2 atom stereocenters. The van der Waals surface area contributed by atoms with E-state index in [4.69, 9.17) is 9.47 Å². The van der Waals surface area contributed by atoms with Crippen molar-refractivity contribution in [2.24, 2.45) is 5.92 Å². The summed E-state index contributed by atoms with van der Waals surface area (Å²) in [4.78, 5) is 11.2. The fourth-order valence-electron chi connectivity index (χ4n) is 3.60. The molecule has 0 bridgehead atoms. The highest BCUT2D eigenvalue weighted by Crippen LogP contribution is 2.35. The van der Waals surface area contributed by atoms with Crippen molar-refractivity contribution < 1.29 is 19.4 Å². The molecule has 1 N–H and O–H groups in total. The first-order chi connectivity index (χ1) is 12.6. The summed E-state index contributed by atoms with van der Waals surface area (Å²) in [5.41, 5.74) is 1.41. The molecule has 6 nitrogen and oxygen atoms in total. The van der Waals surface area contributed by atoms with E-state index in [1.165, 1.54) is 11.8 Å². The van der Waals surface area contributed by atoms with Crippen molar-refractivity contribution in [3.05, 3.63) is 41.7 Å². The lowest BCUT2D eigenvalue weighted by atomic mass is 9.83. The molecule has 1 aliphatic heterocycles. The second kappa shape index (κ2) is 8.36. The van der Waals surface area contributed by atoms with Crippen LogP contribution in [0.3, 0.4) is 0 Å². The molecule has 2 heterocycles. The highest BCUT2D eigenvalue weighted by atomic mass is 16.5. The summed E-state index contributed by atoms with van der Waals surface area (Å²) >= 11 is 0. The van der Waals surface area contributed by atoms with Gasteiger partial charge in [-0.2, -0.15) is 5.10 Å². The summed E-state index contributed by atoms with van der Waals surface area (Å²) in [6.07, 6.45) is 4.30. The Morgan fingerprint density at radius 1 is 1.42 bits per heavy atom. The smallest absolute Gasteiger partial charge is 0.157 e. The predicted molar refractivity (Wildman–Crippen MR) is 97.9 cm³/mol. The zero-order valence-electron chi connectivity index (χ0n) is 15.3. The fraction of sp³-hybridized carbons (Fsp3) is 0.500. The Morgan fingerprint density at radius 3 is 3.04 bits per heavy atom. The van der Waals surface area contributed by atoms with E-state index >= 15 is 0 Å². The van der Waals surface area contributed by atoms with Crippen molar-refractivity contribution in [1.29, 1.82) is 0 Å². The summed E-state index contributed by atoms with van der Waals surface area (Å²) in [7, 11) is 0. The number of ether oxygens (including phenoxy) is 2. The van der Waals surface area contributed by atoms with Crippen molar-refractivity contribution in [3.8, 4) is 11.5 Å². The predicted octanol–water partition coefficient (Wildman–Crippen LogP) is 3.57. The Kier molecular flexibility index (Phi) is 5.93. The second-order valence-corrected chi connectivity index (χ2v) is 6.97. The Balaban J connectivity index is 1.67. The Hall–Kier alpha value is -2.34. The molecule has 0 aliphatic carbocycles. The molecule has 140 valence electrons. The molecular formula is C20H26N2O4. The molecule has 0 amide bonds. The van der Waals surface area contributed by atoms with Gasteiger partial charge in [0.1, 0.15) is 11.5 Å². The third-order valence-corrected chi connectivity index (χ3v) is 4.98. The average molecular weight is 358 g/mol. The monoisotopic (exact) mass is 358 g/mol. The number of aromatic nitrogens is 2. The van der Waals surface area contributed by atoms with Crippen LogP contribution < -0.4 is 4.74 Å². The highest BCUT2D eigenvalue weighted by molar-refractivity contribution is 5.83. The quantitative estimate of drug-likeness (QED) is 0.766. The number of benzene rings is 1. The van der Waals surface area contributed by atoms with Crippen LogP contribution in [0.4, 0.5) is 0 Å². The van der Waals surface area contributed by atoms with Crippen molar-refractivity contribution >= 4 is 6.29 Å². The van der Waals surface area contributed by atoms with Crippen LogP contribution in [0.25, 0.3) is 0 Å². The number of carbonyl (C=O) groups excluding carboxylic acids is 1. The van der Waals surface area contributed by atoms with Gasteiger partial charge < -0.3 is 14.6 Å². The SMILES string of the molecule is CC(C)n1nccc1[C@H]1COCC[C@H]1CCOc1cccc(O)c1C=O. The third-order valence-electron chi connectivity index (χ3n) is 4.98. The van der Waals surface area contributed by atoms with Gasteiger partial charge in [0, 0.05) is 30.5 Å². The first kappa shape index (κ1) is 18.5. The summed E-state index contributed by atoms with van der Waals surface area (Å²) in [6.45, 7) is 6.18. The van der Waals surface area contributed by atoms with Gasteiger partial charge >= 0.3 is 0 Å². The average Bonchev–Trinajstić information content (AvgIpc) is 3.12. The molecule has 1 aliphatic rings. The number of aldehydes is 1. The lowest BCUT2D eigenvalue weighted by Crippen LogP contribution is -2.29. The van der Waals surface area contributed by atoms with Crippen LogP contribution in [-0.2, 0) is 4.74 Å². The third kappa shape index (κ3) is 3.90. The second-order valence-electron chi connectivity index (χ2n) is 6.97. The zero-order valence-corrected chi connectivity index (χ0v) is 15.3. The van der Waals surface area contributed by atoms with Crippen LogP contribution in [-0.4, -0.2) is 41.0 Å². The molecule has 6 heteroatoms. The molecule has 2 aromatic rings. The molecule has 1 fully saturated rings. The maximum Gasteiger partial charge on any atom is 0.157 e. The number of aromatic hydroxyl groups is 1. The van der Waals surface area contributed by atoms with Gasteiger partial charge in [0.25, 0.3) is 0 Å². The first-order valence-corrected chi connectivity index (χ1v) is 9.13.